The fourth-order valence-corrected chi connectivity index (χ4v) is 5.71. The summed E-state index contributed by atoms with van der Waals surface area (Å²) in [5.74, 6) is 1.18. The van der Waals surface area contributed by atoms with Gasteiger partial charge in [-0.15, -0.1) is 0 Å². The molecule has 6 heteroatoms. The van der Waals surface area contributed by atoms with Gasteiger partial charge >= 0.3 is 5.97 Å². The highest BCUT2D eigenvalue weighted by Crippen LogP contribution is 2.60. The molecule has 6 nitrogen and oxygen atoms in total. The second-order valence-electron chi connectivity index (χ2n) is 9.15. The number of rotatable bonds is 6. The lowest BCUT2D eigenvalue weighted by Crippen LogP contribution is -2.58. The molecule has 26 heavy (non-hydrogen) atoms. The van der Waals surface area contributed by atoms with Crippen molar-refractivity contribution in [2.75, 3.05) is 7.11 Å². The van der Waals surface area contributed by atoms with E-state index in [1.54, 1.807) is 6.92 Å². The van der Waals surface area contributed by atoms with Crippen LogP contribution in [0.3, 0.4) is 0 Å². The smallest absolute Gasteiger partial charge is 0.328 e. The Labute approximate surface area is 155 Å². The van der Waals surface area contributed by atoms with Crippen LogP contribution in [-0.4, -0.2) is 37.0 Å². The van der Waals surface area contributed by atoms with Crippen LogP contribution in [0, 0.1) is 29.1 Å². The molecule has 0 heterocycles. The SMILES string of the molecule is COC(=O)C(NC(=O)C(C)NC(=O)C12CC3CC(CC(C3)C1)C2)C(C)C. The fourth-order valence-electron chi connectivity index (χ4n) is 5.71. The van der Waals surface area contributed by atoms with Gasteiger partial charge in [-0.25, -0.2) is 4.79 Å². The number of methoxy groups -OCH3 is 1. The van der Waals surface area contributed by atoms with E-state index in [1.807, 2.05) is 13.8 Å². The molecule has 0 spiro atoms. The molecule has 146 valence electrons. The van der Waals surface area contributed by atoms with E-state index < -0.39 is 18.1 Å². The summed E-state index contributed by atoms with van der Waals surface area (Å²) in [7, 11) is 1.31. The first-order valence-electron chi connectivity index (χ1n) is 9.93. The van der Waals surface area contributed by atoms with Crippen LogP contribution >= 0.6 is 0 Å². The van der Waals surface area contributed by atoms with E-state index in [9.17, 15) is 14.4 Å². The van der Waals surface area contributed by atoms with Gasteiger partial charge in [0.2, 0.25) is 11.8 Å². The molecule has 4 saturated carbocycles. The zero-order chi connectivity index (χ0) is 19.1. The summed E-state index contributed by atoms with van der Waals surface area (Å²) >= 11 is 0. The first-order valence-corrected chi connectivity index (χ1v) is 9.93. The van der Waals surface area contributed by atoms with E-state index in [4.69, 9.17) is 4.74 Å². The second-order valence-corrected chi connectivity index (χ2v) is 9.15. The third kappa shape index (κ3) is 3.60. The highest BCUT2D eigenvalue weighted by atomic mass is 16.5. The van der Waals surface area contributed by atoms with Crippen molar-refractivity contribution < 1.29 is 19.1 Å². The molecule has 4 aliphatic rings. The van der Waals surface area contributed by atoms with Crippen molar-refractivity contribution in [1.29, 1.82) is 0 Å². The molecule has 0 saturated heterocycles. The van der Waals surface area contributed by atoms with Gasteiger partial charge in [0.05, 0.1) is 7.11 Å². The van der Waals surface area contributed by atoms with Crippen molar-refractivity contribution in [1.82, 2.24) is 10.6 Å². The van der Waals surface area contributed by atoms with Crippen molar-refractivity contribution in [3.05, 3.63) is 0 Å². The summed E-state index contributed by atoms with van der Waals surface area (Å²) in [6, 6.07) is -1.37. The van der Waals surface area contributed by atoms with Crippen molar-refractivity contribution in [2.45, 2.75) is 71.4 Å². The quantitative estimate of drug-likeness (QED) is 0.706. The van der Waals surface area contributed by atoms with Crippen molar-refractivity contribution in [3.63, 3.8) is 0 Å². The minimum atomic E-state index is -0.702. The Morgan fingerprint density at radius 1 is 0.923 bits per heavy atom. The van der Waals surface area contributed by atoms with E-state index in [0.29, 0.717) is 17.8 Å². The van der Waals surface area contributed by atoms with Crippen LogP contribution in [0.4, 0.5) is 0 Å². The van der Waals surface area contributed by atoms with Crippen molar-refractivity contribution >= 4 is 17.8 Å². The molecule has 0 aromatic carbocycles. The van der Waals surface area contributed by atoms with Crippen LogP contribution in [-0.2, 0) is 19.1 Å². The van der Waals surface area contributed by atoms with Crippen molar-refractivity contribution in [3.8, 4) is 0 Å². The van der Waals surface area contributed by atoms with Gasteiger partial charge in [-0.2, -0.15) is 0 Å². The highest BCUT2D eigenvalue weighted by Gasteiger charge is 2.54. The third-order valence-electron chi connectivity index (χ3n) is 6.68. The Bertz CT molecular complexity index is 551. The molecule has 0 aliphatic heterocycles. The van der Waals surface area contributed by atoms with Crippen LogP contribution in [0.5, 0.6) is 0 Å². The summed E-state index contributed by atoms with van der Waals surface area (Å²) < 4.78 is 4.76. The predicted octanol–water partition coefficient (Wildman–Crippen LogP) is 2.02. The van der Waals surface area contributed by atoms with E-state index in [-0.39, 0.29) is 23.1 Å². The lowest BCUT2D eigenvalue weighted by molar-refractivity contribution is -0.149. The zero-order valence-electron chi connectivity index (χ0n) is 16.3. The molecule has 4 rings (SSSR count). The number of hydrogen-bond donors (Lipinski definition) is 2. The van der Waals surface area contributed by atoms with E-state index in [2.05, 4.69) is 10.6 Å². The van der Waals surface area contributed by atoms with Gasteiger partial charge in [-0.1, -0.05) is 13.8 Å². The molecule has 0 aromatic heterocycles. The Balaban J connectivity index is 1.60. The molecule has 2 N–H and O–H groups in total. The Morgan fingerprint density at radius 3 is 1.85 bits per heavy atom. The minimum Gasteiger partial charge on any atom is -0.467 e. The molecule has 4 fully saturated rings. The van der Waals surface area contributed by atoms with Gasteiger partial charge in [-0.05, 0) is 69.1 Å². The van der Waals surface area contributed by atoms with Gasteiger partial charge in [0.25, 0.3) is 0 Å². The number of amides is 2. The maximum Gasteiger partial charge on any atom is 0.328 e. The van der Waals surface area contributed by atoms with Gasteiger partial charge in [0.1, 0.15) is 12.1 Å². The fraction of sp³-hybridized carbons (Fsp3) is 0.850. The average molecular weight is 364 g/mol. The molecule has 2 atom stereocenters. The van der Waals surface area contributed by atoms with Crippen LogP contribution in [0.15, 0.2) is 0 Å². The largest absolute Gasteiger partial charge is 0.467 e. The maximum absolute atomic E-state index is 13.0. The third-order valence-corrected chi connectivity index (χ3v) is 6.68. The molecule has 0 radical (unpaired) electrons. The molecule has 4 aliphatic carbocycles. The summed E-state index contributed by atoms with van der Waals surface area (Å²) in [4.78, 5) is 37.4. The van der Waals surface area contributed by atoms with Crippen LogP contribution in [0.2, 0.25) is 0 Å². The monoisotopic (exact) mass is 364 g/mol. The lowest BCUT2D eigenvalue weighted by Gasteiger charge is -2.55. The summed E-state index contributed by atoms with van der Waals surface area (Å²) in [6.45, 7) is 5.38. The number of carbonyl (C=O) groups excluding carboxylic acids is 3. The lowest BCUT2D eigenvalue weighted by atomic mass is 9.49. The number of nitrogens with one attached hydrogen (secondary N) is 2. The Hall–Kier alpha value is -1.59. The first kappa shape index (κ1) is 19.2. The number of ether oxygens (including phenoxy) is 1. The molecule has 2 amide bonds. The summed E-state index contributed by atoms with van der Waals surface area (Å²) in [5, 5.41) is 5.65. The van der Waals surface area contributed by atoms with Gasteiger partial charge in [0.15, 0.2) is 0 Å². The zero-order valence-corrected chi connectivity index (χ0v) is 16.3. The van der Waals surface area contributed by atoms with E-state index >= 15 is 0 Å². The summed E-state index contributed by atoms with van der Waals surface area (Å²) in [6.07, 6.45) is 6.73. The van der Waals surface area contributed by atoms with E-state index in [0.717, 1.165) is 19.3 Å². The molecule has 0 aromatic rings. The normalized spacial score (nSPS) is 34.3. The average Bonchev–Trinajstić information content (AvgIpc) is 2.57. The first-order chi connectivity index (χ1) is 12.2. The van der Waals surface area contributed by atoms with Crippen LogP contribution in [0.1, 0.15) is 59.3 Å². The number of hydrogen-bond acceptors (Lipinski definition) is 4. The van der Waals surface area contributed by atoms with E-state index in [1.165, 1.54) is 26.4 Å². The predicted molar refractivity (Wildman–Crippen MR) is 97.0 cm³/mol. The Kier molecular flexibility index (Phi) is 5.31. The molecular formula is C20H32N2O4. The highest BCUT2D eigenvalue weighted by molar-refractivity contribution is 5.92. The maximum atomic E-state index is 13.0. The standard InChI is InChI=1S/C20H32N2O4/c1-11(2)16(18(24)26-4)22-17(23)12(3)21-19(25)20-8-13-5-14(9-20)7-15(6-13)10-20/h11-16H,5-10H2,1-4H3,(H,21,25)(H,22,23). The topological polar surface area (TPSA) is 84.5 Å². The summed E-state index contributed by atoms with van der Waals surface area (Å²) in [5.41, 5.74) is -0.275. The molecular weight excluding hydrogens is 332 g/mol. The van der Waals surface area contributed by atoms with Gasteiger partial charge in [0, 0.05) is 5.41 Å². The molecule has 4 bridgehead atoms. The van der Waals surface area contributed by atoms with Gasteiger partial charge in [-0.3, -0.25) is 9.59 Å². The van der Waals surface area contributed by atoms with Crippen LogP contribution < -0.4 is 10.6 Å². The number of carbonyl (C=O) groups is 3. The van der Waals surface area contributed by atoms with Crippen LogP contribution in [0.25, 0.3) is 0 Å². The Morgan fingerprint density at radius 2 is 1.42 bits per heavy atom. The minimum absolute atomic E-state index is 0.0263. The second kappa shape index (κ2) is 7.20. The van der Waals surface area contributed by atoms with Crippen molar-refractivity contribution in [2.24, 2.45) is 29.1 Å². The van der Waals surface area contributed by atoms with Gasteiger partial charge < -0.3 is 15.4 Å². The number of esters is 1. The molecule has 2 unspecified atom stereocenters.